The van der Waals surface area contributed by atoms with E-state index in [0.29, 0.717) is 5.70 Å². The van der Waals surface area contributed by atoms with Crippen LogP contribution in [0.1, 0.15) is 12.5 Å². The average molecular weight is 358 g/mol. The molecule has 0 aliphatic carbocycles. The van der Waals surface area contributed by atoms with Crippen LogP contribution < -0.4 is 5.73 Å². The van der Waals surface area contributed by atoms with Gasteiger partial charge in [0, 0.05) is 5.70 Å². The third kappa shape index (κ3) is 5.41. The maximum absolute atomic E-state index is 5.98. The SMILES string of the molecule is C=C(/N=C(I)\C=C(/N)c1ccccc1)SCC. The van der Waals surface area contributed by atoms with Gasteiger partial charge in [-0.05, 0) is 40.0 Å². The van der Waals surface area contributed by atoms with Crippen molar-refractivity contribution >= 4 is 43.8 Å². The molecule has 2 N–H and O–H groups in total. The lowest BCUT2D eigenvalue weighted by atomic mass is 10.1. The molecule has 1 aromatic carbocycles. The van der Waals surface area contributed by atoms with Crippen molar-refractivity contribution in [1.82, 2.24) is 0 Å². The van der Waals surface area contributed by atoms with Crippen molar-refractivity contribution in [3.05, 3.63) is 53.6 Å². The fourth-order valence-corrected chi connectivity index (χ4v) is 2.48. The molecule has 0 saturated carbocycles. The summed E-state index contributed by atoms with van der Waals surface area (Å²) < 4.78 is 0.843. The second kappa shape index (κ2) is 7.55. The van der Waals surface area contributed by atoms with Crippen LogP contribution in [-0.4, -0.2) is 9.47 Å². The van der Waals surface area contributed by atoms with E-state index in [2.05, 4.69) is 41.1 Å². The van der Waals surface area contributed by atoms with E-state index in [1.165, 1.54) is 0 Å². The van der Waals surface area contributed by atoms with Gasteiger partial charge in [-0.2, -0.15) is 0 Å². The van der Waals surface area contributed by atoms with Crippen LogP contribution in [-0.2, 0) is 0 Å². The fraction of sp³-hybridized carbons (Fsp3) is 0.154. The molecule has 0 heterocycles. The largest absolute Gasteiger partial charge is 0.398 e. The molecule has 90 valence electrons. The molecule has 1 aromatic rings. The first-order chi connectivity index (χ1) is 8.13. The second-order valence-corrected chi connectivity index (χ2v) is 5.67. The van der Waals surface area contributed by atoms with Crippen LogP contribution >= 0.6 is 34.4 Å². The Morgan fingerprint density at radius 2 is 2.12 bits per heavy atom. The van der Waals surface area contributed by atoms with Crippen LogP contribution in [0.4, 0.5) is 0 Å². The van der Waals surface area contributed by atoms with Gasteiger partial charge in [0.25, 0.3) is 0 Å². The third-order valence-corrected chi connectivity index (χ3v) is 3.19. The highest BCUT2D eigenvalue weighted by Crippen LogP contribution is 2.16. The zero-order valence-electron chi connectivity index (χ0n) is 9.69. The van der Waals surface area contributed by atoms with Gasteiger partial charge in [0.2, 0.25) is 0 Å². The highest BCUT2D eigenvalue weighted by Gasteiger charge is 1.97. The van der Waals surface area contributed by atoms with E-state index in [0.717, 1.165) is 20.1 Å². The molecule has 17 heavy (non-hydrogen) atoms. The Labute approximate surface area is 120 Å². The summed E-state index contributed by atoms with van der Waals surface area (Å²) in [6, 6.07) is 9.85. The number of allylic oxidation sites excluding steroid dienone is 1. The Balaban J connectivity index is 2.78. The summed E-state index contributed by atoms with van der Waals surface area (Å²) in [5.74, 6) is 0.976. The normalized spacial score (nSPS) is 12.6. The summed E-state index contributed by atoms with van der Waals surface area (Å²) >= 11 is 3.78. The molecule has 0 bridgehead atoms. The Kier molecular flexibility index (Phi) is 6.36. The van der Waals surface area contributed by atoms with Gasteiger partial charge in [0.05, 0.1) is 5.03 Å². The van der Waals surface area contributed by atoms with Crippen molar-refractivity contribution in [3.8, 4) is 0 Å². The van der Waals surface area contributed by atoms with Gasteiger partial charge in [-0.3, -0.25) is 0 Å². The number of nitrogens with zero attached hydrogens (tertiary/aromatic N) is 1. The molecular weight excluding hydrogens is 343 g/mol. The molecule has 0 fully saturated rings. The van der Waals surface area contributed by atoms with Crippen molar-refractivity contribution in [1.29, 1.82) is 0 Å². The molecule has 2 nitrogen and oxygen atoms in total. The lowest BCUT2D eigenvalue weighted by Crippen LogP contribution is -1.98. The number of benzene rings is 1. The summed E-state index contributed by atoms with van der Waals surface area (Å²) in [5, 5.41) is 0.814. The molecule has 0 radical (unpaired) electrons. The van der Waals surface area contributed by atoms with Crippen molar-refractivity contribution in [2.75, 3.05) is 5.75 Å². The van der Waals surface area contributed by atoms with Crippen molar-refractivity contribution in [2.45, 2.75) is 6.92 Å². The van der Waals surface area contributed by atoms with Gasteiger partial charge >= 0.3 is 0 Å². The van der Waals surface area contributed by atoms with Gasteiger partial charge in [-0.25, -0.2) is 4.99 Å². The van der Waals surface area contributed by atoms with Gasteiger partial charge in [-0.15, -0.1) is 11.8 Å². The number of nitrogens with two attached hydrogens (primary N) is 1. The zero-order valence-corrected chi connectivity index (χ0v) is 12.7. The Bertz CT molecular complexity index is 438. The van der Waals surface area contributed by atoms with Crippen molar-refractivity contribution in [3.63, 3.8) is 0 Å². The molecule has 0 spiro atoms. The summed E-state index contributed by atoms with van der Waals surface area (Å²) in [4.78, 5) is 4.35. The minimum Gasteiger partial charge on any atom is -0.398 e. The van der Waals surface area contributed by atoms with E-state index < -0.39 is 0 Å². The van der Waals surface area contributed by atoms with Crippen molar-refractivity contribution < 1.29 is 0 Å². The number of aliphatic imine (C=N–C) groups is 1. The molecule has 0 aliphatic heterocycles. The fourth-order valence-electron chi connectivity index (χ4n) is 1.19. The first-order valence-electron chi connectivity index (χ1n) is 5.22. The van der Waals surface area contributed by atoms with Crippen LogP contribution in [0.2, 0.25) is 0 Å². The molecule has 4 heteroatoms. The van der Waals surface area contributed by atoms with Gasteiger partial charge in [0.1, 0.15) is 3.72 Å². The van der Waals surface area contributed by atoms with Gasteiger partial charge in [-0.1, -0.05) is 43.8 Å². The van der Waals surface area contributed by atoms with Crippen LogP contribution in [0.25, 0.3) is 5.70 Å². The van der Waals surface area contributed by atoms with E-state index >= 15 is 0 Å². The number of thioether (sulfide) groups is 1. The quantitative estimate of drug-likeness (QED) is 0.637. The summed E-state index contributed by atoms with van der Waals surface area (Å²) in [5.41, 5.74) is 7.71. The number of hydrogen-bond donors (Lipinski definition) is 1. The Hall–Kier alpha value is -0.750. The molecule has 1 rings (SSSR count). The molecule has 0 saturated heterocycles. The van der Waals surface area contributed by atoms with E-state index in [1.807, 2.05) is 36.4 Å². The first-order valence-corrected chi connectivity index (χ1v) is 7.28. The smallest absolute Gasteiger partial charge is 0.104 e. The number of rotatable bonds is 5. The van der Waals surface area contributed by atoms with Crippen LogP contribution in [0.3, 0.4) is 0 Å². The molecule has 0 aliphatic rings. The van der Waals surface area contributed by atoms with Crippen LogP contribution in [0.15, 0.2) is 53.0 Å². The first kappa shape index (κ1) is 14.3. The minimum atomic E-state index is 0.716. The number of halogens is 1. The molecule has 0 aromatic heterocycles. The maximum atomic E-state index is 5.98. The minimum absolute atomic E-state index is 0.716. The lowest BCUT2D eigenvalue weighted by Gasteiger charge is -2.01. The summed E-state index contributed by atoms with van der Waals surface area (Å²) in [7, 11) is 0. The average Bonchev–Trinajstić information content (AvgIpc) is 2.30. The Morgan fingerprint density at radius 1 is 1.47 bits per heavy atom. The van der Waals surface area contributed by atoms with Crippen molar-refractivity contribution in [2.24, 2.45) is 10.7 Å². The van der Waals surface area contributed by atoms with E-state index in [-0.39, 0.29) is 0 Å². The standard InChI is InChI=1S/C13H15IN2S/c1-3-17-10(2)16-13(14)9-12(15)11-7-5-4-6-8-11/h4-9H,2-3,15H2,1H3/b12-9-,16-13+. The summed E-state index contributed by atoms with van der Waals surface area (Å²) in [6.07, 6.45) is 1.86. The number of hydrogen-bond acceptors (Lipinski definition) is 3. The second-order valence-electron chi connectivity index (χ2n) is 3.23. The molecule has 0 unspecified atom stereocenters. The maximum Gasteiger partial charge on any atom is 0.104 e. The predicted molar refractivity (Wildman–Crippen MR) is 87.3 cm³/mol. The monoisotopic (exact) mass is 358 g/mol. The predicted octanol–water partition coefficient (Wildman–Crippen LogP) is 4.04. The van der Waals surface area contributed by atoms with Crippen LogP contribution in [0, 0.1) is 0 Å². The molecular formula is C13H15IN2S. The topological polar surface area (TPSA) is 38.4 Å². The summed E-state index contributed by atoms with van der Waals surface area (Å²) in [6.45, 7) is 5.94. The Morgan fingerprint density at radius 3 is 2.71 bits per heavy atom. The third-order valence-electron chi connectivity index (χ3n) is 1.92. The van der Waals surface area contributed by atoms with E-state index in [9.17, 15) is 0 Å². The highest BCUT2D eigenvalue weighted by molar-refractivity contribution is 14.1. The van der Waals surface area contributed by atoms with E-state index in [4.69, 9.17) is 5.73 Å². The molecule has 0 amide bonds. The van der Waals surface area contributed by atoms with E-state index in [1.54, 1.807) is 11.8 Å². The zero-order chi connectivity index (χ0) is 12.7. The lowest BCUT2D eigenvalue weighted by molar-refractivity contribution is 1.49. The van der Waals surface area contributed by atoms with Gasteiger partial charge < -0.3 is 5.73 Å². The highest BCUT2D eigenvalue weighted by atomic mass is 127. The van der Waals surface area contributed by atoms with Gasteiger partial charge in [0.15, 0.2) is 0 Å². The molecule has 0 atom stereocenters. The van der Waals surface area contributed by atoms with Crippen LogP contribution in [0.5, 0.6) is 0 Å².